The predicted octanol–water partition coefficient (Wildman–Crippen LogP) is -0.410. The van der Waals surface area contributed by atoms with Crippen LogP contribution in [0.1, 0.15) is 6.92 Å². The number of hydrogen-bond acceptors (Lipinski definition) is 0. The lowest BCUT2D eigenvalue weighted by Gasteiger charge is -1.44. The Morgan fingerprint density at radius 1 is 2.00 bits per heavy atom. The van der Waals surface area contributed by atoms with Gasteiger partial charge in [-0.25, -0.2) is 0 Å². The summed E-state index contributed by atoms with van der Waals surface area (Å²) in [6.45, 7) is 1.78. The summed E-state index contributed by atoms with van der Waals surface area (Å²) < 4.78 is 0. The monoisotopic (exact) mass is 73.0 g/mol. The maximum atomic E-state index is 9.33. The minimum Gasteiger partial charge on any atom is -0.387 e. The minimum absolute atomic E-state index is 0.593. The third-order valence-electron chi connectivity index (χ3n) is 0.136. The van der Waals surface area contributed by atoms with Gasteiger partial charge in [-0.15, -0.1) is 0 Å². The van der Waals surface area contributed by atoms with E-state index in [1.807, 2.05) is 0 Å². The Kier molecular flexibility index (Phi) is 2.81. The van der Waals surface area contributed by atoms with Gasteiger partial charge in [0, 0.05) is 0 Å². The second-order valence-corrected chi connectivity index (χ2v) is 1.41. The van der Waals surface area contributed by atoms with Gasteiger partial charge in [0.1, 0.15) is 0 Å². The molecule has 0 aliphatic heterocycles. The normalized spacial score (nSPS) is 9.25. The van der Waals surface area contributed by atoms with Gasteiger partial charge in [-0.2, -0.15) is 0 Å². The van der Waals surface area contributed by atoms with Crippen LogP contribution >= 0.6 is 0 Å². The molecule has 0 N–H and O–H groups in total. The molecule has 0 spiro atoms. The van der Waals surface area contributed by atoms with Crippen LogP contribution in [0.4, 0.5) is 0 Å². The first kappa shape index (κ1) is 3.89. The molecule has 0 aromatic carbocycles. The van der Waals surface area contributed by atoms with Crippen molar-refractivity contribution in [1.29, 1.82) is 0 Å². The molecule has 2 heteroatoms. The van der Waals surface area contributed by atoms with Gasteiger partial charge in [0.25, 0.3) is 9.38 Å². The molecule has 0 bridgehead atoms. The standard InChI is InChI=1S/C2H5OSi/c1-2-4-3/h2,4H,1H3. The number of rotatable bonds is 0. The van der Waals surface area contributed by atoms with Crippen molar-refractivity contribution in [1.82, 2.24) is 0 Å². The van der Waals surface area contributed by atoms with Crippen molar-refractivity contribution in [3.8, 4) is 0 Å². The van der Waals surface area contributed by atoms with Crippen LogP contribution in [0.25, 0.3) is 0 Å². The maximum Gasteiger partial charge on any atom is 0.284 e. The molecule has 0 saturated heterocycles. The summed E-state index contributed by atoms with van der Waals surface area (Å²) >= 11 is 0. The Morgan fingerprint density at radius 2 is 2.25 bits per heavy atom. The topological polar surface area (TPSA) is 19.9 Å². The highest BCUT2D eigenvalue weighted by atomic mass is 28.2. The zero-order chi connectivity index (χ0) is 3.41. The molecule has 0 atom stereocenters. The largest absolute Gasteiger partial charge is 0.387 e. The summed E-state index contributed by atoms with van der Waals surface area (Å²) in [5.74, 6) is 0. The molecule has 4 heavy (non-hydrogen) atoms. The van der Waals surface area contributed by atoms with E-state index in [2.05, 4.69) is 0 Å². The van der Waals surface area contributed by atoms with E-state index in [0.717, 1.165) is 0 Å². The fraction of sp³-hybridized carbons (Fsp3) is 0.500. The van der Waals surface area contributed by atoms with Crippen molar-refractivity contribution in [3.63, 3.8) is 0 Å². The quantitative estimate of drug-likeness (QED) is 0.347. The molecule has 0 heterocycles. The molecular formula is C2H5OSi. The average molecular weight is 73.1 g/mol. The van der Waals surface area contributed by atoms with Crippen molar-refractivity contribution in [3.05, 3.63) is 0 Å². The fourth-order valence-corrected chi connectivity index (χ4v) is 0. The first-order chi connectivity index (χ1) is 1.91. The average Bonchev–Trinajstić information content (AvgIpc) is 1.37. The maximum absolute atomic E-state index is 9.33. The van der Waals surface area contributed by atoms with Crippen LogP contribution in [0, 0.1) is 0 Å². The molecule has 0 rings (SSSR count). The predicted molar refractivity (Wildman–Crippen MR) is 19.6 cm³/mol. The van der Waals surface area contributed by atoms with E-state index in [9.17, 15) is 4.80 Å². The van der Waals surface area contributed by atoms with Gasteiger partial charge < -0.3 is 4.80 Å². The summed E-state index contributed by atoms with van der Waals surface area (Å²) in [6, 6.07) is 0. The van der Waals surface area contributed by atoms with Gasteiger partial charge in [0.2, 0.25) is 0 Å². The summed E-state index contributed by atoms with van der Waals surface area (Å²) in [5.41, 5.74) is 1.65. The Labute approximate surface area is 27.8 Å². The van der Waals surface area contributed by atoms with Gasteiger partial charge in [-0.3, -0.25) is 0 Å². The Morgan fingerprint density at radius 3 is 2.25 bits per heavy atom. The minimum atomic E-state index is -0.593. The molecule has 0 amide bonds. The summed E-state index contributed by atoms with van der Waals surface area (Å²) in [6.07, 6.45) is 0. The summed E-state index contributed by atoms with van der Waals surface area (Å²) in [5, 5.41) is 0. The smallest absolute Gasteiger partial charge is 0.284 e. The van der Waals surface area contributed by atoms with Crippen molar-refractivity contribution in [2.75, 3.05) is 0 Å². The van der Waals surface area contributed by atoms with Gasteiger partial charge in [0.15, 0.2) is 0 Å². The highest BCUT2D eigenvalue weighted by Gasteiger charge is 1.44. The zero-order valence-electron chi connectivity index (χ0n) is 2.56. The highest BCUT2D eigenvalue weighted by molar-refractivity contribution is 6.38. The Bertz CT molecular complexity index is 21.2. The summed E-state index contributed by atoms with van der Waals surface area (Å²) in [7, 11) is -0.593. The first-order valence-corrected chi connectivity index (χ1v) is 2.28. The van der Waals surface area contributed by atoms with E-state index >= 15 is 0 Å². The summed E-state index contributed by atoms with van der Waals surface area (Å²) in [4.78, 5) is 9.33. The number of hydrogen-bond donors (Lipinski definition) is 0. The Balaban J connectivity index is 2.55. The van der Waals surface area contributed by atoms with Crippen LogP contribution in [0.5, 0.6) is 0 Å². The Hall–Kier alpha value is -0.113. The van der Waals surface area contributed by atoms with Crippen LogP contribution in [-0.2, 0) is 4.80 Å². The van der Waals surface area contributed by atoms with Gasteiger partial charge >= 0.3 is 0 Å². The third-order valence-corrected chi connectivity index (χ3v) is 0.408. The van der Waals surface area contributed by atoms with E-state index in [1.54, 1.807) is 12.6 Å². The molecule has 0 saturated carbocycles. The first-order valence-electron chi connectivity index (χ1n) is 1.15. The van der Waals surface area contributed by atoms with E-state index in [0.29, 0.717) is 0 Å². The van der Waals surface area contributed by atoms with Crippen LogP contribution < -0.4 is 0 Å². The lowest BCUT2D eigenvalue weighted by molar-refractivity contribution is 0.492. The van der Waals surface area contributed by atoms with Crippen molar-refractivity contribution >= 4 is 15.0 Å². The molecule has 0 fully saturated rings. The molecule has 0 aliphatic carbocycles. The third kappa shape index (κ3) is 1.89. The van der Waals surface area contributed by atoms with Gasteiger partial charge in [0.05, 0.1) is 0 Å². The van der Waals surface area contributed by atoms with E-state index in [4.69, 9.17) is 0 Å². The van der Waals surface area contributed by atoms with Crippen LogP contribution in [0.2, 0.25) is 0 Å². The molecule has 0 aliphatic rings. The van der Waals surface area contributed by atoms with E-state index < -0.39 is 9.38 Å². The van der Waals surface area contributed by atoms with E-state index in [-0.39, 0.29) is 0 Å². The molecule has 0 aromatic rings. The second-order valence-electron chi connectivity index (χ2n) is 0.469. The van der Waals surface area contributed by atoms with Gasteiger partial charge in [-0.05, 0) is 6.92 Å². The highest BCUT2D eigenvalue weighted by Crippen LogP contribution is 1.23. The molecule has 1 radical (unpaired) electrons. The SMILES string of the molecule is CC=[SiH][O]. The van der Waals surface area contributed by atoms with Crippen molar-refractivity contribution in [2.24, 2.45) is 0 Å². The second kappa shape index (κ2) is 2.89. The zero-order valence-corrected chi connectivity index (χ0v) is 3.72. The lowest BCUT2D eigenvalue weighted by atomic mass is 11.0. The lowest BCUT2D eigenvalue weighted by Crippen LogP contribution is -1.65. The fourth-order valence-electron chi connectivity index (χ4n) is 0. The van der Waals surface area contributed by atoms with Gasteiger partial charge in [-0.1, -0.05) is 5.67 Å². The van der Waals surface area contributed by atoms with Crippen molar-refractivity contribution < 1.29 is 4.80 Å². The molecule has 23 valence electrons. The van der Waals surface area contributed by atoms with E-state index in [1.165, 1.54) is 0 Å². The van der Waals surface area contributed by atoms with Crippen molar-refractivity contribution in [2.45, 2.75) is 6.92 Å². The van der Waals surface area contributed by atoms with Crippen LogP contribution in [0.3, 0.4) is 0 Å². The van der Waals surface area contributed by atoms with Crippen LogP contribution in [-0.4, -0.2) is 15.0 Å². The molecule has 0 unspecified atom stereocenters. The molecule has 1 nitrogen and oxygen atoms in total. The molecular weight excluding hydrogens is 68.1 g/mol. The van der Waals surface area contributed by atoms with Crippen LogP contribution in [0.15, 0.2) is 0 Å². The molecule has 0 aromatic heterocycles.